The minimum Gasteiger partial charge on any atom is -0.497 e. The number of thiazole rings is 1. The topological polar surface area (TPSA) is 89.5 Å². The Hall–Kier alpha value is -3.04. The van der Waals surface area contributed by atoms with Gasteiger partial charge >= 0.3 is 0 Å². The number of aryl methyl sites for hydroxylation is 1. The first kappa shape index (κ1) is 22.6. The summed E-state index contributed by atoms with van der Waals surface area (Å²) in [6, 6.07) is 12.8. The van der Waals surface area contributed by atoms with Crippen molar-refractivity contribution in [3.63, 3.8) is 0 Å². The maximum Gasteiger partial charge on any atom is 0.234 e. The highest BCUT2D eigenvalue weighted by Gasteiger charge is 2.13. The molecule has 3 aromatic rings. The summed E-state index contributed by atoms with van der Waals surface area (Å²) in [6.07, 6.45) is 0.118. The molecule has 0 atom stereocenters. The SMILES string of the molecule is COc1ccc(OC)c(NC(=O)Cc2csc(SCC(=O)Nc3ccc(C)cc3)n2)c1. The summed E-state index contributed by atoms with van der Waals surface area (Å²) in [6.45, 7) is 2.00. The van der Waals surface area contributed by atoms with E-state index >= 15 is 0 Å². The van der Waals surface area contributed by atoms with E-state index in [1.807, 2.05) is 36.6 Å². The lowest BCUT2D eigenvalue weighted by Gasteiger charge is -2.11. The molecule has 2 amide bonds. The first-order valence-electron chi connectivity index (χ1n) is 9.42. The summed E-state index contributed by atoms with van der Waals surface area (Å²) in [5, 5.41) is 7.50. The molecule has 0 aliphatic heterocycles. The van der Waals surface area contributed by atoms with Gasteiger partial charge < -0.3 is 20.1 Å². The second-order valence-corrected chi connectivity index (χ2v) is 8.68. The first-order chi connectivity index (χ1) is 15.0. The molecule has 1 heterocycles. The third-order valence-corrected chi connectivity index (χ3v) is 6.28. The summed E-state index contributed by atoms with van der Waals surface area (Å²) in [4.78, 5) is 29.0. The molecule has 2 aromatic carbocycles. The van der Waals surface area contributed by atoms with E-state index < -0.39 is 0 Å². The number of ether oxygens (including phenoxy) is 2. The second-order valence-electron chi connectivity index (χ2n) is 6.60. The number of rotatable bonds is 9. The molecule has 0 bridgehead atoms. The molecular formula is C22H23N3O4S2. The maximum atomic E-state index is 12.4. The van der Waals surface area contributed by atoms with Crippen molar-refractivity contribution in [1.82, 2.24) is 4.98 Å². The quantitative estimate of drug-likeness (QED) is 0.464. The highest BCUT2D eigenvalue weighted by atomic mass is 32.2. The van der Waals surface area contributed by atoms with Crippen LogP contribution >= 0.6 is 23.1 Å². The van der Waals surface area contributed by atoms with Gasteiger partial charge in [-0.2, -0.15) is 0 Å². The number of carbonyl (C=O) groups is 2. The minimum absolute atomic E-state index is 0.103. The van der Waals surface area contributed by atoms with E-state index in [-0.39, 0.29) is 24.0 Å². The third-order valence-electron chi connectivity index (χ3n) is 4.22. The van der Waals surface area contributed by atoms with Crippen molar-refractivity contribution in [3.05, 3.63) is 59.1 Å². The Morgan fingerprint density at radius 3 is 2.52 bits per heavy atom. The summed E-state index contributed by atoms with van der Waals surface area (Å²) >= 11 is 2.75. The average molecular weight is 458 g/mol. The highest BCUT2D eigenvalue weighted by Crippen LogP contribution is 2.29. The van der Waals surface area contributed by atoms with E-state index in [4.69, 9.17) is 9.47 Å². The number of nitrogens with one attached hydrogen (secondary N) is 2. The van der Waals surface area contributed by atoms with Gasteiger partial charge in [-0.1, -0.05) is 29.5 Å². The summed E-state index contributed by atoms with van der Waals surface area (Å²) in [5.74, 6) is 1.09. The van der Waals surface area contributed by atoms with Gasteiger partial charge in [0.25, 0.3) is 0 Å². The number of hydrogen-bond acceptors (Lipinski definition) is 7. The molecule has 9 heteroatoms. The zero-order valence-corrected chi connectivity index (χ0v) is 19.1. The lowest BCUT2D eigenvalue weighted by Crippen LogP contribution is -2.15. The fraction of sp³-hybridized carbons (Fsp3) is 0.227. The Morgan fingerprint density at radius 1 is 1.03 bits per heavy atom. The molecule has 0 unspecified atom stereocenters. The Morgan fingerprint density at radius 2 is 1.81 bits per heavy atom. The number of benzene rings is 2. The van der Waals surface area contributed by atoms with E-state index in [1.54, 1.807) is 25.3 Å². The number of aromatic nitrogens is 1. The smallest absolute Gasteiger partial charge is 0.234 e. The Bertz CT molecular complexity index is 1050. The Balaban J connectivity index is 1.51. The van der Waals surface area contributed by atoms with Crippen LogP contribution in [-0.4, -0.2) is 36.8 Å². The van der Waals surface area contributed by atoms with Gasteiger partial charge in [-0.25, -0.2) is 4.98 Å². The molecular weight excluding hydrogens is 434 g/mol. The van der Waals surface area contributed by atoms with Gasteiger partial charge in [0.1, 0.15) is 11.5 Å². The lowest BCUT2D eigenvalue weighted by molar-refractivity contribution is -0.116. The van der Waals surface area contributed by atoms with Gasteiger partial charge in [0.05, 0.1) is 37.8 Å². The lowest BCUT2D eigenvalue weighted by atomic mass is 10.2. The predicted octanol–water partition coefficient (Wildman–Crippen LogP) is 4.38. The highest BCUT2D eigenvalue weighted by molar-refractivity contribution is 8.01. The van der Waals surface area contributed by atoms with E-state index in [1.165, 1.54) is 30.2 Å². The fourth-order valence-electron chi connectivity index (χ4n) is 2.67. The van der Waals surface area contributed by atoms with Crippen LogP contribution in [0.3, 0.4) is 0 Å². The molecule has 162 valence electrons. The van der Waals surface area contributed by atoms with Crippen LogP contribution in [0.25, 0.3) is 0 Å². The molecule has 1 aromatic heterocycles. The van der Waals surface area contributed by atoms with Gasteiger partial charge in [-0.15, -0.1) is 11.3 Å². The number of nitrogens with zero attached hydrogens (tertiary/aromatic N) is 1. The third kappa shape index (κ3) is 6.73. The van der Waals surface area contributed by atoms with Crippen molar-refractivity contribution < 1.29 is 19.1 Å². The number of carbonyl (C=O) groups excluding carboxylic acids is 2. The number of methoxy groups -OCH3 is 2. The van der Waals surface area contributed by atoms with Crippen LogP contribution in [0.2, 0.25) is 0 Å². The van der Waals surface area contributed by atoms with Crippen LogP contribution in [-0.2, 0) is 16.0 Å². The summed E-state index contributed by atoms with van der Waals surface area (Å²) in [5.41, 5.74) is 3.08. The Kier molecular flexibility index (Phi) is 7.91. The number of hydrogen-bond donors (Lipinski definition) is 2. The van der Waals surface area contributed by atoms with Crippen LogP contribution < -0.4 is 20.1 Å². The molecule has 3 rings (SSSR count). The summed E-state index contributed by atoms with van der Waals surface area (Å²) < 4.78 is 11.2. The van der Waals surface area contributed by atoms with Crippen LogP contribution in [0.1, 0.15) is 11.3 Å². The predicted molar refractivity (Wildman–Crippen MR) is 125 cm³/mol. The van der Waals surface area contributed by atoms with Crippen molar-refractivity contribution in [3.8, 4) is 11.5 Å². The van der Waals surface area contributed by atoms with Gasteiger partial charge in [-0.05, 0) is 31.2 Å². The van der Waals surface area contributed by atoms with Gasteiger partial charge in [0.2, 0.25) is 11.8 Å². The normalized spacial score (nSPS) is 10.4. The summed E-state index contributed by atoms with van der Waals surface area (Å²) in [7, 11) is 3.10. The van der Waals surface area contributed by atoms with Crippen LogP contribution in [0, 0.1) is 6.92 Å². The zero-order chi connectivity index (χ0) is 22.2. The first-order valence-corrected chi connectivity index (χ1v) is 11.3. The minimum atomic E-state index is -0.217. The van der Waals surface area contributed by atoms with E-state index in [2.05, 4.69) is 15.6 Å². The zero-order valence-electron chi connectivity index (χ0n) is 17.4. The number of anilines is 2. The van der Waals surface area contributed by atoms with Crippen molar-refractivity contribution in [2.75, 3.05) is 30.6 Å². The maximum absolute atomic E-state index is 12.4. The van der Waals surface area contributed by atoms with Gasteiger partial charge in [0.15, 0.2) is 4.34 Å². The van der Waals surface area contributed by atoms with Crippen LogP contribution in [0.5, 0.6) is 11.5 Å². The van der Waals surface area contributed by atoms with E-state index in [9.17, 15) is 9.59 Å². The molecule has 0 aliphatic rings. The van der Waals surface area contributed by atoms with Gasteiger partial charge in [0, 0.05) is 17.1 Å². The molecule has 0 aliphatic carbocycles. The van der Waals surface area contributed by atoms with E-state index in [0.717, 1.165) is 15.6 Å². The van der Waals surface area contributed by atoms with E-state index in [0.29, 0.717) is 22.9 Å². The fourth-order valence-corrected chi connectivity index (χ4v) is 4.31. The van der Waals surface area contributed by atoms with Gasteiger partial charge in [-0.3, -0.25) is 9.59 Å². The van der Waals surface area contributed by atoms with Crippen molar-refractivity contribution in [2.45, 2.75) is 17.7 Å². The van der Waals surface area contributed by atoms with Crippen molar-refractivity contribution in [2.24, 2.45) is 0 Å². The molecule has 7 nitrogen and oxygen atoms in total. The molecule has 2 N–H and O–H groups in total. The van der Waals surface area contributed by atoms with Crippen LogP contribution in [0.15, 0.2) is 52.2 Å². The second kappa shape index (κ2) is 10.8. The molecule has 0 saturated heterocycles. The van der Waals surface area contributed by atoms with Crippen molar-refractivity contribution >= 4 is 46.3 Å². The van der Waals surface area contributed by atoms with Crippen molar-refractivity contribution in [1.29, 1.82) is 0 Å². The monoisotopic (exact) mass is 457 g/mol. The average Bonchev–Trinajstić information content (AvgIpc) is 3.21. The Labute approximate surface area is 189 Å². The van der Waals surface area contributed by atoms with Crippen LogP contribution in [0.4, 0.5) is 11.4 Å². The number of amides is 2. The standard InChI is InChI=1S/C22H23N3O4S2/c1-14-4-6-15(7-5-14)23-21(27)13-31-22-24-16(12-30-22)10-20(26)25-18-11-17(28-2)8-9-19(18)29-3/h4-9,11-12H,10,13H2,1-3H3,(H,23,27)(H,25,26). The largest absolute Gasteiger partial charge is 0.497 e. The number of thioether (sulfide) groups is 1. The molecule has 0 radical (unpaired) electrons. The molecule has 0 saturated carbocycles. The molecule has 0 fully saturated rings. The molecule has 31 heavy (non-hydrogen) atoms. The molecule has 0 spiro atoms.